The fourth-order valence-electron chi connectivity index (χ4n) is 14.4. The number of carboxylic acid groups (broad SMARTS) is 1. The topological polar surface area (TPSA) is 406 Å². The highest BCUT2D eigenvalue weighted by molar-refractivity contribution is 5.98. The van der Waals surface area contributed by atoms with E-state index in [1.54, 1.807) is 143 Å². The van der Waals surface area contributed by atoms with Crippen molar-refractivity contribution in [1.29, 1.82) is 0 Å². The number of ether oxygens (including phenoxy) is 2. The first-order valence-electron chi connectivity index (χ1n) is 39.8. The number of amides is 9. The Morgan fingerprint density at radius 2 is 1.05 bits per heavy atom. The van der Waals surface area contributed by atoms with Gasteiger partial charge in [0.1, 0.15) is 78.4 Å². The number of halogens is 2. The number of carbonyl (C=O) groups is 10. The Morgan fingerprint density at radius 1 is 0.583 bits per heavy atom. The third-order valence-corrected chi connectivity index (χ3v) is 21.4. The van der Waals surface area contributed by atoms with Gasteiger partial charge in [-0.1, -0.05) is 168 Å². The fraction of sp³-hybridized carbons (Fsp3) is 0.402. The van der Waals surface area contributed by atoms with Crippen LogP contribution >= 0.6 is 0 Å². The lowest BCUT2D eigenvalue weighted by Gasteiger charge is -2.38. The summed E-state index contributed by atoms with van der Waals surface area (Å²) in [6, 6.07) is 27.8. The molecule has 31 nitrogen and oxygen atoms in total. The van der Waals surface area contributed by atoms with Crippen molar-refractivity contribution in [2.24, 2.45) is 10.8 Å². The maximum atomic E-state index is 15.9. The monoisotopic (exact) mass is 1650 g/mol. The van der Waals surface area contributed by atoms with Gasteiger partial charge in [-0.25, -0.2) is 22.9 Å². The van der Waals surface area contributed by atoms with Crippen LogP contribution < -0.4 is 57.3 Å². The average molecular weight is 1650 g/mol. The number of phenols is 1. The number of aromatic nitrogens is 6. The summed E-state index contributed by atoms with van der Waals surface area (Å²) in [5, 5.41) is 67.4. The van der Waals surface area contributed by atoms with E-state index < -0.39 is 160 Å². The molecule has 8 bridgehead atoms. The predicted molar refractivity (Wildman–Crippen MR) is 440 cm³/mol. The molecule has 5 aliphatic rings. The minimum atomic E-state index is -1.77. The lowest BCUT2D eigenvalue weighted by molar-refractivity contribution is -0.150. The first kappa shape index (κ1) is 88.0. The molecule has 120 heavy (non-hydrogen) atoms. The maximum absolute atomic E-state index is 15.9. The van der Waals surface area contributed by atoms with Crippen molar-refractivity contribution in [2.45, 2.75) is 187 Å². The average Bonchev–Trinajstić information content (AvgIpc) is 1.61. The van der Waals surface area contributed by atoms with Crippen molar-refractivity contribution >= 4 is 80.7 Å². The molecule has 7 heterocycles. The highest BCUT2D eigenvalue weighted by Gasteiger charge is 2.49. The lowest BCUT2D eigenvalue weighted by atomic mass is 9.85. The number of likely N-dealkylation sites (tertiary alicyclic amines) is 1. The second-order valence-electron chi connectivity index (χ2n) is 32.5. The number of carbonyl (C=O) groups excluding carboxylic acids is 9. The first-order valence-corrected chi connectivity index (χ1v) is 39.8. The minimum Gasteiger partial charge on any atom is -0.503 e. The molecule has 0 saturated carbocycles. The van der Waals surface area contributed by atoms with E-state index in [0.717, 1.165) is 38.4 Å². The van der Waals surface area contributed by atoms with Gasteiger partial charge in [0.25, 0.3) is 5.91 Å². The summed E-state index contributed by atoms with van der Waals surface area (Å²) in [5.41, 5.74) is 0.396. The molecule has 33 heteroatoms. The number of carboxylic acids is 1. The Balaban J connectivity index is 0.991. The van der Waals surface area contributed by atoms with Gasteiger partial charge >= 0.3 is 5.97 Å². The smallest absolute Gasteiger partial charge is 0.326 e. The summed E-state index contributed by atoms with van der Waals surface area (Å²) in [7, 11) is 3.18. The van der Waals surface area contributed by atoms with Crippen LogP contribution in [0, 0.1) is 22.5 Å². The van der Waals surface area contributed by atoms with E-state index in [-0.39, 0.29) is 93.3 Å². The van der Waals surface area contributed by atoms with Crippen molar-refractivity contribution in [1.82, 2.24) is 87.6 Å². The molecular formula is C87H103F2N17O14. The SMILES string of the molecule is CCCN(C(=O)[C@@H](NC(=O)[C@H](C)NC)C(C)(C)C)[C@@H]1C(=O)N[C@@H](Cc2ccc3ccccc3c2)C(=O)N[C@H](C(=O)NCc2cc(F)c(O)c(F)c2)Cc2ccc(cc2)OCc2cn(nn2)[C@@H]2CCN(C(=O)[C@@H](NC(=O)[C@H](C)NC)C(C)(C)C)[C@@H]2C(=O)N[C@@H](Cc2ccc3ccccc3c2)C(=O)N[C@H](C(=O)O)Cc2ccc(cc2)OCc2cn1nn2. The summed E-state index contributed by atoms with van der Waals surface area (Å²) in [4.78, 5) is 151. The fourth-order valence-corrected chi connectivity index (χ4v) is 14.4. The standard InChI is InChI=1S/C87H103F2N17O14/c1-12-34-104(84(116)74(87(7,8)9)98-76(109)50(3)91-11)82-81(114)95-68(43-54-22-28-57-18-14-16-20-59(57)37-54)78(111)93-66(77(110)92-44-55-38-64(88)72(107)65(89)39-55)40-51-23-29-62(30-24-51)119-47-60-45-105(101-99-60)70-33-35-103(83(115)73(86(4,5)6)97-75(108)49(2)90-10)71(70)80(113)94-67(42-53-21-27-56-17-13-15-19-58(56)36-53)79(112)96-69(85(117)118)41-52-25-31-63(32-26-52)120-48-61-46-106(82)102-100-61/h13-32,36-39,45-46,49-50,66-71,73-74,82,90-91,107H,12,33-35,40-44,47-48H2,1-11H3,(H,92,110)(H,93,111)(H,94,113)(H,95,114)(H,96,112)(H,97,108)(H,98,109)(H,117,118)/t49-,50-,66-,67-,68-,69-,70+,71-,73+,74+,82-/m0/s1. The van der Waals surface area contributed by atoms with Gasteiger partial charge in [-0.2, -0.15) is 0 Å². The van der Waals surface area contributed by atoms with Gasteiger partial charge in [-0.15, -0.1) is 10.2 Å². The number of hydrogen-bond donors (Lipinski definition) is 11. The lowest BCUT2D eigenvalue weighted by Crippen LogP contribution is -2.61. The Labute approximate surface area is 692 Å². The number of hydrogen-bond acceptors (Lipinski definition) is 19. The van der Waals surface area contributed by atoms with Crippen molar-refractivity contribution in [3.8, 4) is 17.2 Å². The third-order valence-electron chi connectivity index (χ3n) is 21.4. The summed E-state index contributed by atoms with van der Waals surface area (Å²) in [6.45, 7) is 14.4. The summed E-state index contributed by atoms with van der Waals surface area (Å²) < 4.78 is 44.7. The van der Waals surface area contributed by atoms with Gasteiger partial charge in [0.2, 0.25) is 53.4 Å². The number of aliphatic carboxylic acids is 1. The zero-order valence-electron chi connectivity index (χ0n) is 68.8. The molecule has 11 atom stereocenters. The molecule has 0 unspecified atom stereocenters. The van der Waals surface area contributed by atoms with Gasteiger partial charge < -0.3 is 77.3 Å². The molecule has 9 aromatic rings. The minimum absolute atomic E-state index is 0.0357. The highest BCUT2D eigenvalue weighted by Crippen LogP contribution is 2.34. The number of phenolic OH excluding ortho intramolecular Hbond substituents is 1. The second-order valence-corrected chi connectivity index (χ2v) is 32.5. The molecule has 634 valence electrons. The van der Waals surface area contributed by atoms with Crippen LogP contribution in [0.25, 0.3) is 21.5 Å². The zero-order valence-corrected chi connectivity index (χ0v) is 68.8. The number of nitrogens with zero attached hydrogens (tertiary/aromatic N) is 8. The zero-order chi connectivity index (χ0) is 86.4. The van der Waals surface area contributed by atoms with Crippen LogP contribution in [0.5, 0.6) is 17.2 Å². The molecule has 0 spiro atoms. The molecule has 14 rings (SSSR count). The molecule has 0 aliphatic carbocycles. The van der Waals surface area contributed by atoms with Crippen molar-refractivity contribution in [2.75, 3.05) is 27.2 Å². The molecule has 1 fully saturated rings. The van der Waals surface area contributed by atoms with Crippen molar-refractivity contribution in [3.63, 3.8) is 0 Å². The van der Waals surface area contributed by atoms with E-state index in [9.17, 15) is 38.2 Å². The quantitative estimate of drug-likeness (QED) is 0.0435. The second kappa shape index (κ2) is 38.7. The van der Waals surface area contributed by atoms with Crippen LogP contribution in [-0.4, -0.2) is 191 Å². The van der Waals surface area contributed by atoms with Crippen LogP contribution in [0.1, 0.15) is 127 Å². The Morgan fingerprint density at radius 3 is 1.54 bits per heavy atom. The van der Waals surface area contributed by atoms with Crippen LogP contribution in [0.4, 0.5) is 8.78 Å². The predicted octanol–water partition coefficient (Wildman–Crippen LogP) is 6.10. The van der Waals surface area contributed by atoms with Crippen LogP contribution in [0.3, 0.4) is 0 Å². The van der Waals surface area contributed by atoms with Crippen LogP contribution in [-0.2, 0) is 93.4 Å². The van der Waals surface area contributed by atoms with E-state index in [2.05, 4.69) is 68.5 Å². The number of nitrogens with one attached hydrogen (secondary N) is 9. The molecule has 2 aromatic heterocycles. The van der Waals surface area contributed by atoms with E-state index in [4.69, 9.17) is 9.47 Å². The van der Waals surface area contributed by atoms with Crippen LogP contribution in [0.2, 0.25) is 0 Å². The number of likely N-dealkylation sites (N-methyl/N-ethyl adjacent to an activating group) is 2. The van der Waals surface area contributed by atoms with Gasteiger partial charge in [-0.05, 0) is 137 Å². The third kappa shape index (κ3) is 21.9. The molecular weight excluding hydrogens is 1550 g/mol. The first-order chi connectivity index (χ1) is 57.2. The summed E-state index contributed by atoms with van der Waals surface area (Å²) >= 11 is 0. The van der Waals surface area contributed by atoms with E-state index >= 15 is 28.8 Å². The van der Waals surface area contributed by atoms with E-state index in [1.165, 1.54) is 20.7 Å². The largest absolute Gasteiger partial charge is 0.503 e. The summed E-state index contributed by atoms with van der Waals surface area (Å²) in [5.74, 6) is -11.4. The van der Waals surface area contributed by atoms with Gasteiger partial charge in [0.05, 0.1) is 30.5 Å². The van der Waals surface area contributed by atoms with E-state index in [0.29, 0.717) is 22.3 Å². The van der Waals surface area contributed by atoms with E-state index in [1.807, 2.05) is 72.8 Å². The molecule has 11 N–H and O–H groups in total. The van der Waals surface area contributed by atoms with Crippen LogP contribution in [0.15, 0.2) is 158 Å². The number of fused-ring (bicyclic) bond motifs is 2. The molecule has 5 aliphatic heterocycles. The van der Waals surface area contributed by atoms with Crippen molar-refractivity contribution in [3.05, 3.63) is 209 Å². The number of aromatic hydroxyl groups is 1. The Bertz CT molecular complexity index is 5200. The Kier molecular flexibility index (Phi) is 28.4. The summed E-state index contributed by atoms with van der Waals surface area (Å²) in [6.07, 6.45) is 0.606. The Hall–Kier alpha value is -12.8. The molecule has 9 amide bonds. The number of benzene rings is 7. The number of rotatable bonds is 19. The van der Waals surface area contributed by atoms with Gasteiger partial charge in [0, 0.05) is 45.3 Å². The molecule has 0 radical (unpaired) electrons. The highest BCUT2D eigenvalue weighted by atomic mass is 19.1. The molecule has 1 saturated heterocycles. The maximum Gasteiger partial charge on any atom is 0.326 e. The molecule has 7 aromatic carbocycles. The van der Waals surface area contributed by atoms with Gasteiger partial charge in [0.15, 0.2) is 17.4 Å². The van der Waals surface area contributed by atoms with Crippen molar-refractivity contribution < 1.29 is 76.4 Å². The normalized spacial score (nSPS) is 19.6. The van der Waals surface area contributed by atoms with Gasteiger partial charge in [-0.3, -0.25) is 43.2 Å².